The first-order valence-corrected chi connectivity index (χ1v) is 8.92. The van der Waals surface area contributed by atoms with Crippen LogP contribution >= 0.6 is 0 Å². The summed E-state index contributed by atoms with van der Waals surface area (Å²) in [7, 11) is 0. The van der Waals surface area contributed by atoms with Crippen molar-refractivity contribution >= 4 is 25.4 Å². The third kappa shape index (κ3) is 4.20. The molecule has 0 amide bonds. The van der Waals surface area contributed by atoms with Crippen molar-refractivity contribution in [2.45, 2.75) is 25.6 Å². The Morgan fingerprint density at radius 2 is 1.86 bits per heavy atom. The van der Waals surface area contributed by atoms with Crippen molar-refractivity contribution in [3.05, 3.63) is 65.2 Å². The number of hydrogen-bond donors (Lipinski definition) is 0. The fourth-order valence-electron chi connectivity index (χ4n) is 2.21. The molecule has 1 atom stereocenters. The molecule has 0 N–H and O–H groups in total. The number of ether oxygens (including phenoxy) is 1. The molecule has 0 aliphatic heterocycles. The first kappa shape index (κ1) is 15.8. The Kier molecular flexibility index (Phi) is 5.60. The Hall–Kier alpha value is -1.57. The van der Waals surface area contributed by atoms with E-state index in [1.54, 1.807) is 0 Å². The Bertz CT molecular complexity index is 608. The van der Waals surface area contributed by atoms with Crippen LogP contribution in [0.1, 0.15) is 28.4 Å². The predicted molar refractivity (Wildman–Crippen MR) is 87.1 cm³/mol. The zero-order valence-corrected chi connectivity index (χ0v) is 14.3. The molecule has 21 heavy (non-hydrogen) atoms. The summed E-state index contributed by atoms with van der Waals surface area (Å²) < 4.78 is 6.50. The zero-order valence-electron chi connectivity index (χ0n) is 12.6. The molecule has 2 rings (SSSR count). The molecule has 0 spiro atoms. The molecular weight excluding hydrogens is 327 g/mol. The summed E-state index contributed by atoms with van der Waals surface area (Å²) in [6.45, 7) is 6.41. The van der Waals surface area contributed by atoms with Crippen molar-refractivity contribution in [3.63, 3.8) is 0 Å². The normalized spacial score (nSPS) is 12.0. The minimum atomic E-state index is -0.180. The van der Waals surface area contributed by atoms with Gasteiger partial charge in [-0.15, -0.1) is 0 Å². The van der Waals surface area contributed by atoms with Gasteiger partial charge in [0.25, 0.3) is 0 Å². The predicted octanol–water partition coefficient (Wildman–Crippen LogP) is 2.94. The van der Waals surface area contributed by atoms with Gasteiger partial charge < -0.3 is 0 Å². The zero-order chi connectivity index (χ0) is 15.2. The standard InChI is InChI=1S/C18H20O2Se/c1-4-20-18(19)17(21-15-8-6-5-7-9-15)16-11-10-13(2)12-14(16)3/h5-12,17H,4H2,1-3H3. The van der Waals surface area contributed by atoms with Crippen LogP contribution in [0.5, 0.6) is 0 Å². The second-order valence-electron chi connectivity index (χ2n) is 4.92. The molecule has 3 heteroatoms. The molecule has 0 aliphatic rings. The Morgan fingerprint density at radius 1 is 1.14 bits per heavy atom. The molecule has 0 bridgehead atoms. The van der Waals surface area contributed by atoms with Crippen molar-refractivity contribution in [3.8, 4) is 0 Å². The summed E-state index contributed by atoms with van der Waals surface area (Å²) in [6, 6.07) is 16.4. The van der Waals surface area contributed by atoms with E-state index in [-0.39, 0.29) is 25.7 Å². The van der Waals surface area contributed by atoms with Crippen molar-refractivity contribution in [1.29, 1.82) is 0 Å². The first-order valence-electron chi connectivity index (χ1n) is 7.07. The summed E-state index contributed by atoms with van der Waals surface area (Å²) in [4.78, 5) is 12.2. The topological polar surface area (TPSA) is 26.3 Å². The quantitative estimate of drug-likeness (QED) is 0.614. The van der Waals surface area contributed by atoms with Gasteiger partial charge in [-0.1, -0.05) is 0 Å². The van der Waals surface area contributed by atoms with Gasteiger partial charge >= 0.3 is 132 Å². The van der Waals surface area contributed by atoms with Gasteiger partial charge in [0.2, 0.25) is 0 Å². The van der Waals surface area contributed by atoms with Crippen LogP contribution in [-0.4, -0.2) is 27.5 Å². The number of carbonyl (C=O) groups excluding carboxylic acids is 1. The third-order valence-corrected chi connectivity index (χ3v) is 5.78. The summed E-state index contributed by atoms with van der Waals surface area (Å²) in [5, 5.41) is 0. The van der Waals surface area contributed by atoms with Crippen LogP contribution in [0.25, 0.3) is 0 Å². The number of aryl methyl sites for hydroxylation is 2. The van der Waals surface area contributed by atoms with E-state index >= 15 is 0 Å². The maximum absolute atomic E-state index is 12.4. The number of hydrogen-bond acceptors (Lipinski definition) is 2. The van der Waals surface area contributed by atoms with E-state index in [0.29, 0.717) is 6.61 Å². The summed E-state index contributed by atoms with van der Waals surface area (Å²) >= 11 is 0.0214. The van der Waals surface area contributed by atoms with Gasteiger partial charge in [-0.05, 0) is 0 Å². The van der Waals surface area contributed by atoms with E-state index in [1.165, 1.54) is 10.0 Å². The van der Waals surface area contributed by atoms with E-state index in [2.05, 4.69) is 44.2 Å². The fourth-order valence-corrected chi connectivity index (χ4v) is 4.61. The molecule has 0 saturated heterocycles. The van der Waals surface area contributed by atoms with Gasteiger partial charge in [-0.2, -0.15) is 0 Å². The van der Waals surface area contributed by atoms with Gasteiger partial charge in [0.15, 0.2) is 0 Å². The molecule has 0 fully saturated rings. The average molecular weight is 347 g/mol. The Morgan fingerprint density at radius 3 is 2.48 bits per heavy atom. The molecule has 2 aromatic rings. The van der Waals surface area contributed by atoms with Gasteiger partial charge in [0.1, 0.15) is 0 Å². The molecule has 2 nitrogen and oxygen atoms in total. The van der Waals surface area contributed by atoms with E-state index in [1.807, 2.05) is 25.1 Å². The summed E-state index contributed by atoms with van der Waals surface area (Å²) in [5.74, 6) is -0.117. The maximum atomic E-state index is 12.4. The monoisotopic (exact) mass is 348 g/mol. The Labute approximate surface area is 132 Å². The molecule has 0 aliphatic carbocycles. The van der Waals surface area contributed by atoms with Gasteiger partial charge in [0.05, 0.1) is 0 Å². The Balaban J connectivity index is 2.33. The summed E-state index contributed by atoms with van der Waals surface area (Å²) in [6.07, 6.45) is 0. The van der Waals surface area contributed by atoms with E-state index in [0.717, 1.165) is 11.1 Å². The van der Waals surface area contributed by atoms with Crippen LogP contribution in [0.2, 0.25) is 0 Å². The molecule has 0 saturated carbocycles. The van der Waals surface area contributed by atoms with Crippen LogP contribution in [-0.2, 0) is 9.53 Å². The number of rotatable bonds is 5. The van der Waals surface area contributed by atoms with Crippen LogP contribution in [0, 0.1) is 13.8 Å². The molecule has 1 unspecified atom stereocenters. The molecular formula is C18H20O2Se. The molecule has 0 heterocycles. The SMILES string of the molecule is CCOC(=O)C([Se]c1ccccc1)c1ccc(C)cc1C. The van der Waals surface area contributed by atoms with Crippen molar-refractivity contribution in [1.82, 2.24) is 0 Å². The van der Waals surface area contributed by atoms with Crippen molar-refractivity contribution < 1.29 is 9.53 Å². The van der Waals surface area contributed by atoms with Crippen molar-refractivity contribution in [2.24, 2.45) is 0 Å². The number of esters is 1. The second kappa shape index (κ2) is 7.44. The van der Waals surface area contributed by atoms with E-state index in [4.69, 9.17) is 4.74 Å². The van der Waals surface area contributed by atoms with Crippen LogP contribution in [0.3, 0.4) is 0 Å². The van der Waals surface area contributed by atoms with Gasteiger partial charge in [-0.3, -0.25) is 0 Å². The molecule has 110 valence electrons. The molecule has 0 radical (unpaired) electrons. The third-order valence-electron chi connectivity index (χ3n) is 3.21. The van der Waals surface area contributed by atoms with Crippen LogP contribution in [0.15, 0.2) is 48.5 Å². The van der Waals surface area contributed by atoms with E-state index < -0.39 is 0 Å². The number of benzene rings is 2. The van der Waals surface area contributed by atoms with Crippen molar-refractivity contribution in [2.75, 3.05) is 6.61 Å². The summed E-state index contributed by atoms with van der Waals surface area (Å²) in [5.41, 5.74) is 3.46. The molecule has 2 aromatic carbocycles. The van der Waals surface area contributed by atoms with Gasteiger partial charge in [-0.25, -0.2) is 0 Å². The van der Waals surface area contributed by atoms with Crippen LogP contribution < -0.4 is 4.46 Å². The average Bonchev–Trinajstić information content (AvgIpc) is 2.47. The van der Waals surface area contributed by atoms with E-state index in [9.17, 15) is 4.79 Å². The minimum absolute atomic E-state index is 0.0214. The fraction of sp³-hybridized carbons (Fsp3) is 0.278. The molecule has 0 aromatic heterocycles. The second-order valence-corrected chi connectivity index (χ2v) is 7.40. The number of carbonyl (C=O) groups is 1. The van der Waals surface area contributed by atoms with Crippen LogP contribution in [0.4, 0.5) is 0 Å². The first-order chi connectivity index (χ1) is 10.1. The van der Waals surface area contributed by atoms with Gasteiger partial charge in [0, 0.05) is 0 Å².